The first-order valence-corrected chi connectivity index (χ1v) is 8.84. The molecule has 1 aliphatic heterocycles. The lowest BCUT2D eigenvalue weighted by atomic mass is 10.0. The molecule has 2 aromatic heterocycles. The molecule has 24 heavy (non-hydrogen) atoms. The van der Waals surface area contributed by atoms with E-state index in [1.54, 1.807) is 24.3 Å². The van der Waals surface area contributed by atoms with Crippen molar-refractivity contribution in [2.45, 2.75) is 26.3 Å². The summed E-state index contributed by atoms with van der Waals surface area (Å²) in [6.45, 7) is 6.44. The van der Waals surface area contributed by atoms with Crippen molar-refractivity contribution < 1.29 is 0 Å². The number of benzene rings is 1. The van der Waals surface area contributed by atoms with Crippen LogP contribution in [-0.4, -0.2) is 21.0 Å². The van der Waals surface area contributed by atoms with Crippen LogP contribution in [0.15, 0.2) is 42.4 Å². The van der Waals surface area contributed by atoms with Crippen molar-refractivity contribution in [2.24, 2.45) is 0 Å². The van der Waals surface area contributed by atoms with Gasteiger partial charge in [0.25, 0.3) is 0 Å². The quantitative estimate of drug-likeness (QED) is 0.543. The van der Waals surface area contributed by atoms with Gasteiger partial charge in [-0.15, -0.1) is 11.3 Å². The summed E-state index contributed by atoms with van der Waals surface area (Å²) in [6, 6.07) is 6.49. The number of rotatable bonds is 3. The summed E-state index contributed by atoms with van der Waals surface area (Å²) in [6.07, 6.45) is 9.33. The SMILES string of the molecule is C=C/C=C/c1nn2c(c1-c1ccc3ncsc3c1)CCC2.CC=N. The number of aryl methyl sites for hydroxylation is 1. The summed E-state index contributed by atoms with van der Waals surface area (Å²) >= 11 is 1.68. The zero-order chi connectivity index (χ0) is 16.9. The highest BCUT2D eigenvalue weighted by molar-refractivity contribution is 7.16. The molecule has 1 aliphatic rings. The average molecular weight is 336 g/mol. The van der Waals surface area contributed by atoms with Gasteiger partial charge in [0.2, 0.25) is 0 Å². The Morgan fingerprint density at radius 3 is 3.00 bits per heavy atom. The predicted molar refractivity (Wildman–Crippen MR) is 103 cm³/mol. The van der Waals surface area contributed by atoms with E-state index in [0.717, 1.165) is 24.2 Å². The van der Waals surface area contributed by atoms with Crippen molar-refractivity contribution in [3.63, 3.8) is 0 Å². The van der Waals surface area contributed by atoms with E-state index in [9.17, 15) is 0 Å². The Balaban J connectivity index is 0.000000526. The van der Waals surface area contributed by atoms with E-state index < -0.39 is 0 Å². The minimum Gasteiger partial charge on any atom is -0.313 e. The Labute approximate surface area is 145 Å². The summed E-state index contributed by atoms with van der Waals surface area (Å²) < 4.78 is 3.37. The van der Waals surface area contributed by atoms with Gasteiger partial charge < -0.3 is 5.41 Å². The second-order valence-electron chi connectivity index (χ2n) is 5.45. The first kappa shape index (κ1) is 16.3. The molecule has 3 heterocycles. The maximum absolute atomic E-state index is 6.08. The molecule has 0 aliphatic carbocycles. The molecule has 4 nitrogen and oxygen atoms in total. The third-order valence-electron chi connectivity index (χ3n) is 3.88. The number of hydrogen-bond acceptors (Lipinski definition) is 4. The van der Waals surface area contributed by atoms with E-state index in [0.29, 0.717) is 0 Å². The molecule has 0 fully saturated rings. The lowest BCUT2D eigenvalue weighted by molar-refractivity contribution is 0.655. The summed E-state index contributed by atoms with van der Waals surface area (Å²) in [5.41, 5.74) is 7.85. The molecule has 0 bridgehead atoms. The Hall–Kier alpha value is -2.53. The first-order chi connectivity index (χ1) is 11.8. The van der Waals surface area contributed by atoms with E-state index in [1.165, 1.54) is 34.2 Å². The molecule has 0 atom stereocenters. The van der Waals surface area contributed by atoms with Crippen LogP contribution in [-0.2, 0) is 13.0 Å². The monoisotopic (exact) mass is 336 g/mol. The summed E-state index contributed by atoms with van der Waals surface area (Å²) in [5, 5.41) is 10.8. The minimum absolute atomic E-state index is 1.02. The largest absolute Gasteiger partial charge is 0.313 e. The lowest BCUT2D eigenvalue weighted by Crippen LogP contribution is -1.93. The molecule has 0 saturated carbocycles. The van der Waals surface area contributed by atoms with Crippen LogP contribution in [0.2, 0.25) is 0 Å². The number of nitrogens with zero attached hydrogens (tertiary/aromatic N) is 3. The fourth-order valence-corrected chi connectivity index (χ4v) is 3.67. The standard InChI is InChI=1S/C17H15N3S.C2H5N/c1-2-3-5-14-17(15-6-4-9-20(15)19-14)12-7-8-13-16(10-12)21-11-18-13;1-2-3/h2-3,5,7-8,10-11H,1,4,6,9H2;2-3H,1H3/b5-3+;. The molecule has 3 aromatic rings. The van der Waals surface area contributed by atoms with Gasteiger partial charge in [0.05, 0.1) is 21.4 Å². The van der Waals surface area contributed by atoms with Crippen LogP contribution in [0.25, 0.3) is 27.4 Å². The Bertz CT molecular complexity index is 901. The zero-order valence-electron chi connectivity index (χ0n) is 13.7. The van der Waals surface area contributed by atoms with E-state index in [1.807, 2.05) is 17.7 Å². The van der Waals surface area contributed by atoms with Crippen molar-refractivity contribution in [1.82, 2.24) is 14.8 Å². The molecular weight excluding hydrogens is 316 g/mol. The Morgan fingerprint density at radius 2 is 2.21 bits per heavy atom. The van der Waals surface area contributed by atoms with Crippen molar-refractivity contribution >= 4 is 33.8 Å². The molecule has 0 radical (unpaired) electrons. The zero-order valence-corrected chi connectivity index (χ0v) is 14.5. The lowest BCUT2D eigenvalue weighted by Gasteiger charge is -2.03. The van der Waals surface area contributed by atoms with E-state index in [2.05, 4.69) is 34.4 Å². The minimum atomic E-state index is 1.02. The number of fused-ring (bicyclic) bond motifs is 2. The highest BCUT2D eigenvalue weighted by Gasteiger charge is 2.21. The van der Waals surface area contributed by atoms with Gasteiger partial charge >= 0.3 is 0 Å². The number of nitrogens with one attached hydrogen (secondary N) is 1. The molecular formula is C19H20N4S. The van der Waals surface area contributed by atoms with Gasteiger partial charge in [-0.3, -0.25) is 4.68 Å². The fourth-order valence-electron chi connectivity index (χ4n) is 2.95. The molecule has 5 heteroatoms. The summed E-state index contributed by atoms with van der Waals surface area (Å²) in [5.74, 6) is 0. The van der Waals surface area contributed by atoms with Crippen molar-refractivity contribution in [3.05, 3.63) is 53.8 Å². The number of hydrogen-bond donors (Lipinski definition) is 1. The second kappa shape index (κ2) is 7.36. The van der Waals surface area contributed by atoms with Crippen molar-refractivity contribution in [3.8, 4) is 11.1 Å². The summed E-state index contributed by atoms with van der Waals surface area (Å²) in [7, 11) is 0. The van der Waals surface area contributed by atoms with E-state index in [4.69, 9.17) is 10.5 Å². The van der Waals surface area contributed by atoms with Crippen molar-refractivity contribution in [1.29, 1.82) is 5.41 Å². The molecule has 1 aromatic carbocycles. The fraction of sp³-hybridized carbons (Fsp3) is 0.211. The molecule has 122 valence electrons. The molecule has 0 saturated heterocycles. The van der Waals surface area contributed by atoms with Gasteiger partial charge in [0.1, 0.15) is 0 Å². The first-order valence-electron chi connectivity index (χ1n) is 7.96. The van der Waals surface area contributed by atoms with Gasteiger partial charge in [0, 0.05) is 17.8 Å². The number of aromatic nitrogens is 3. The smallest absolute Gasteiger partial charge is 0.0932 e. The van der Waals surface area contributed by atoms with Crippen LogP contribution in [0.4, 0.5) is 0 Å². The Kier molecular flexibility index (Phi) is 5.01. The van der Waals surface area contributed by atoms with Gasteiger partial charge in [-0.05, 0) is 49.8 Å². The van der Waals surface area contributed by atoms with Crippen LogP contribution in [0.1, 0.15) is 24.7 Å². The van der Waals surface area contributed by atoms with Crippen LogP contribution in [0.3, 0.4) is 0 Å². The van der Waals surface area contributed by atoms with Gasteiger partial charge in [0.15, 0.2) is 0 Å². The number of allylic oxidation sites excluding steroid dienone is 2. The number of thiazole rings is 1. The van der Waals surface area contributed by atoms with Gasteiger partial charge in [-0.2, -0.15) is 5.10 Å². The maximum atomic E-state index is 6.08. The van der Waals surface area contributed by atoms with E-state index >= 15 is 0 Å². The summed E-state index contributed by atoms with van der Waals surface area (Å²) in [4.78, 5) is 4.36. The maximum Gasteiger partial charge on any atom is 0.0932 e. The highest BCUT2D eigenvalue weighted by atomic mass is 32.1. The average Bonchev–Trinajstić information content (AvgIpc) is 3.28. The second-order valence-corrected chi connectivity index (χ2v) is 6.34. The Morgan fingerprint density at radius 1 is 1.38 bits per heavy atom. The van der Waals surface area contributed by atoms with Gasteiger partial charge in [-0.1, -0.05) is 24.8 Å². The third kappa shape index (κ3) is 3.08. The predicted octanol–water partition coefficient (Wildman–Crippen LogP) is 4.96. The van der Waals surface area contributed by atoms with Crippen LogP contribution in [0, 0.1) is 5.41 Å². The topological polar surface area (TPSA) is 54.6 Å². The van der Waals surface area contributed by atoms with Crippen LogP contribution in [0.5, 0.6) is 0 Å². The van der Waals surface area contributed by atoms with Crippen LogP contribution >= 0.6 is 11.3 Å². The molecule has 0 spiro atoms. The highest BCUT2D eigenvalue weighted by Crippen LogP contribution is 2.34. The third-order valence-corrected chi connectivity index (χ3v) is 4.67. The normalized spacial score (nSPS) is 12.9. The molecule has 0 unspecified atom stereocenters. The molecule has 0 amide bonds. The van der Waals surface area contributed by atoms with Gasteiger partial charge in [-0.25, -0.2) is 4.98 Å². The molecule has 4 rings (SSSR count). The van der Waals surface area contributed by atoms with E-state index in [-0.39, 0.29) is 0 Å². The van der Waals surface area contributed by atoms with Crippen molar-refractivity contribution in [2.75, 3.05) is 0 Å². The van der Waals surface area contributed by atoms with Crippen LogP contribution < -0.4 is 0 Å². The molecule has 1 N–H and O–H groups in total.